The third-order valence-corrected chi connectivity index (χ3v) is 3.95. The first kappa shape index (κ1) is 9.98. The summed E-state index contributed by atoms with van der Waals surface area (Å²) in [5.74, 6) is 2.20. The summed E-state index contributed by atoms with van der Waals surface area (Å²) in [5, 5.41) is 0. The fraction of sp³-hybridized carbons (Fsp3) is 0.556. The Morgan fingerprint density at radius 1 is 1.50 bits per heavy atom. The van der Waals surface area contributed by atoms with Crippen LogP contribution in [0.4, 0.5) is 0 Å². The van der Waals surface area contributed by atoms with Crippen LogP contribution in [0.1, 0.15) is 15.4 Å². The van der Waals surface area contributed by atoms with E-state index in [0.717, 1.165) is 29.5 Å². The summed E-state index contributed by atoms with van der Waals surface area (Å²) in [6, 6.07) is 0. The molecule has 0 spiro atoms. The Hall–Kier alpha value is -0.550. The molecule has 0 atom stereocenters. The molecule has 2 heterocycles. The quantitative estimate of drug-likeness (QED) is 0.732. The van der Waals surface area contributed by atoms with E-state index in [2.05, 4.69) is 4.98 Å². The summed E-state index contributed by atoms with van der Waals surface area (Å²) in [6.07, 6.45) is 0. The van der Waals surface area contributed by atoms with E-state index in [0.29, 0.717) is 5.69 Å². The maximum atomic E-state index is 11.9. The molecule has 0 aliphatic carbocycles. The molecular weight excluding hydrogens is 216 g/mol. The summed E-state index contributed by atoms with van der Waals surface area (Å²) in [5.41, 5.74) is 2.38. The molecule has 1 aromatic heterocycles. The van der Waals surface area contributed by atoms with E-state index in [4.69, 9.17) is 0 Å². The van der Waals surface area contributed by atoms with Gasteiger partial charge < -0.3 is 4.90 Å². The fourth-order valence-electron chi connectivity index (χ4n) is 1.43. The van der Waals surface area contributed by atoms with E-state index >= 15 is 0 Å². The molecule has 5 heteroatoms. The fourth-order valence-corrected chi connectivity index (χ4v) is 2.90. The zero-order chi connectivity index (χ0) is 9.97. The minimum absolute atomic E-state index is 0.101. The number of amides is 1. The molecule has 1 fully saturated rings. The van der Waals surface area contributed by atoms with Gasteiger partial charge >= 0.3 is 0 Å². The molecule has 0 radical (unpaired) electrons. The number of nitrogens with zero attached hydrogens (tertiary/aromatic N) is 2. The summed E-state index contributed by atoms with van der Waals surface area (Å²) < 4.78 is 0. The number of hydrogen-bond acceptors (Lipinski definition) is 4. The van der Waals surface area contributed by atoms with Crippen molar-refractivity contribution in [3.8, 4) is 0 Å². The van der Waals surface area contributed by atoms with Gasteiger partial charge in [0.05, 0.1) is 5.51 Å². The van der Waals surface area contributed by atoms with Gasteiger partial charge in [0, 0.05) is 29.5 Å². The van der Waals surface area contributed by atoms with Gasteiger partial charge in [0.1, 0.15) is 5.69 Å². The van der Waals surface area contributed by atoms with Crippen LogP contribution in [-0.2, 0) is 0 Å². The predicted molar refractivity (Wildman–Crippen MR) is 60.1 cm³/mol. The van der Waals surface area contributed by atoms with Crippen LogP contribution in [0.2, 0.25) is 0 Å². The van der Waals surface area contributed by atoms with Crippen molar-refractivity contribution in [1.82, 2.24) is 9.88 Å². The standard InChI is InChI=1S/C9H12N2OS2/c1-7-8(10-6-14-7)9(12)11-2-4-13-5-3-11/h6H,2-5H2,1H3. The second-order valence-corrected chi connectivity index (χ2v) is 5.45. The highest BCUT2D eigenvalue weighted by Crippen LogP contribution is 2.16. The molecule has 1 saturated heterocycles. The monoisotopic (exact) mass is 228 g/mol. The van der Waals surface area contributed by atoms with Crippen molar-refractivity contribution in [3.63, 3.8) is 0 Å². The third kappa shape index (κ3) is 1.93. The molecule has 0 bridgehead atoms. The van der Waals surface area contributed by atoms with Gasteiger partial charge in [-0.15, -0.1) is 11.3 Å². The minimum Gasteiger partial charge on any atom is -0.336 e. The lowest BCUT2D eigenvalue weighted by molar-refractivity contribution is 0.0766. The van der Waals surface area contributed by atoms with Crippen molar-refractivity contribution < 1.29 is 4.79 Å². The van der Waals surface area contributed by atoms with Crippen LogP contribution < -0.4 is 0 Å². The maximum absolute atomic E-state index is 11.9. The van der Waals surface area contributed by atoms with Crippen LogP contribution in [0.25, 0.3) is 0 Å². The topological polar surface area (TPSA) is 33.2 Å². The predicted octanol–water partition coefficient (Wildman–Crippen LogP) is 1.64. The van der Waals surface area contributed by atoms with E-state index in [1.807, 2.05) is 23.6 Å². The van der Waals surface area contributed by atoms with E-state index in [9.17, 15) is 4.79 Å². The number of hydrogen-bond donors (Lipinski definition) is 0. The highest BCUT2D eigenvalue weighted by molar-refractivity contribution is 7.99. The van der Waals surface area contributed by atoms with Crippen molar-refractivity contribution in [1.29, 1.82) is 0 Å². The van der Waals surface area contributed by atoms with Gasteiger partial charge in [-0.1, -0.05) is 0 Å². The van der Waals surface area contributed by atoms with Gasteiger partial charge in [-0.25, -0.2) is 4.98 Å². The van der Waals surface area contributed by atoms with Gasteiger partial charge in [-0.05, 0) is 6.92 Å². The first-order valence-corrected chi connectivity index (χ1v) is 6.59. The van der Waals surface area contributed by atoms with Gasteiger partial charge in [0.2, 0.25) is 0 Å². The molecule has 2 rings (SSSR count). The summed E-state index contributed by atoms with van der Waals surface area (Å²) in [4.78, 5) is 19.0. The molecule has 0 saturated carbocycles. The Balaban J connectivity index is 2.11. The van der Waals surface area contributed by atoms with Gasteiger partial charge in [0.25, 0.3) is 5.91 Å². The maximum Gasteiger partial charge on any atom is 0.273 e. The molecule has 1 amide bonds. The first-order valence-electron chi connectivity index (χ1n) is 4.56. The lowest BCUT2D eigenvalue weighted by Gasteiger charge is -2.25. The van der Waals surface area contributed by atoms with Gasteiger partial charge in [0.15, 0.2) is 0 Å². The Morgan fingerprint density at radius 3 is 2.79 bits per heavy atom. The minimum atomic E-state index is 0.101. The molecule has 3 nitrogen and oxygen atoms in total. The SMILES string of the molecule is Cc1scnc1C(=O)N1CCSCC1. The van der Waals surface area contributed by atoms with E-state index in [-0.39, 0.29) is 5.91 Å². The molecule has 76 valence electrons. The first-order chi connectivity index (χ1) is 6.79. The van der Waals surface area contributed by atoms with E-state index in [1.165, 1.54) is 11.3 Å². The largest absolute Gasteiger partial charge is 0.336 e. The Bertz CT molecular complexity index is 331. The van der Waals surface area contributed by atoms with Crippen molar-refractivity contribution in [2.45, 2.75) is 6.92 Å². The Labute approximate surface area is 91.5 Å². The summed E-state index contributed by atoms with van der Waals surface area (Å²) in [6.45, 7) is 3.67. The molecule has 0 N–H and O–H groups in total. The summed E-state index contributed by atoms with van der Waals surface area (Å²) in [7, 11) is 0. The third-order valence-electron chi connectivity index (χ3n) is 2.25. The average molecular weight is 228 g/mol. The van der Waals surface area contributed by atoms with Crippen molar-refractivity contribution in [2.75, 3.05) is 24.6 Å². The molecular formula is C9H12N2OS2. The number of aromatic nitrogens is 1. The van der Waals surface area contributed by atoms with Crippen LogP contribution in [0, 0.1) is 6.92 Å². The molecule has 0 unspecified atom stereocenters. The van der Waals surface area contributed by atoms with Crippen LogP contribution >= 0.6 is 23.1 Å². The van der Waals surface area contributed by atoms with Crippen LogP contribution in [0.5, 0.6) is 0 Å². The van der Waals surface area contributed by atoms with Gasteiger partial charge in [-0.3, -0.25) is 4.79 Å². The smallest absolute Gasteiger partial charge is 0.273 e. The molecule has 1 aliphatic rings. The van der Waals surface area contributed by atoms with Gasteiger partial charge in [-0.2, -0.15) is 11.8 Å². The molecule has 0 aromatic carbocycles. The van der Waals surface area contributed by atoms with Crippen molar-refractivity contribution in [2.24, 2.45) is 0 Å². The number of aryl methyl sites for hydroxylation is 1. The zero-order valence-electron chi connectivity index (χ0n) is 8.02. The number of thiazole rings is 1. The molecule has 1 aromatic rings. The Morgan fingerprint density at radius 2 is 2.21 bits per heavy atom. The highest BCUT2D eigenvalue weighted by Gasteiger charge is 2.21. The zero-order valence-corrected chi connectivity index (χ0v) is 9.66. The van der Waals surface area contributed by atoms with Crippen molar-refractivity contribution >= 4 is 29.0 Å². The number of thioether (sulfide) groups is 1. The lowest BCUT2D eigenvalue weighted by Crippen LogP contribution is -2.38. The lowest BCUT2D eigenvalue weighted by atomic mass is 10.3. The van der Waals surface area contributed by atoms with E-state index in [1.54, 1.807) is 5.51 Å². The van der Waals surface area contributed by atoms with Crippen molar-refractivity contribution in [3.05, 3.63) is 16.1 Å². The van der Waals surface area contributed by atoms with Crippen LogP contribution in [0.3, 0.4) is 0 Å². The molecule has 14 heavy (non-hydrogen) atoms. The number of rotatable bonds is 1. The number of carbonyl (C=O) groups excluding carboxylic acids is 1. The Kier molecular flexibility index (Phi) is 3.08. The average Bonchev–Trinajstić information content (AvgIpc) is 2.65. The van der Waals surface area contributed by atoms with Crippen LogP contribution in [0.15, 0.2) is 5.51 Å². The summed E-state index contributed by atoms with van der Waals surface area (Å²) >= 11 is 3.44. The normalized spacial score (nSPS) is 17.1. The number of carbonyl (C=O) groups is 1. The second kappa shape index (κ2) is 4.31. The highest BCUT2D eigenvalue weighted by atomic mass is 32.2. The molecule has 1 aliphatic heterocycles. The second-order valence-electron chi connectivity index (χ2n) is 3.16. The van der Waals surface area contributed by atoms with E-state index < -0.39 is 0 Å². The van der Waals surface area contributed by atoms with Crippen LogP contribution in [-0.4, -0.2) is 40.4 Å².